The zero-order valence-electron chi connectivity index (χ0n) is 19.5. The topological polar surface area (TPSA) is 71.5 Å². The van der Waals surface area contributed by atoms with Crippen LogP contribution in [-0.4, -0.2) is 27.4 Å². The minimum absolute atomic E-state index is 0.133. The number of alkyl halides is 3. The number of benzene rings is 3. The molecule has 194 valence electrons. The maximum atomic E-state index is 13.7. The lowest BCUT2D eigenvalue weighted by atomic mass is 10.2. The van der Waals surface area contributed by atoms with E-state index in [9.17, 15) is 30.0 Å². The molecule has 1 heterocycles. The van der Waals surface area contributed by atoms with Crippen molar-refractivity contribution in [3.05, 3.63) is 107 Å². The lowest BCUT2D eigenvalue weighted by Crippen LogP contribution is -2.31. The van der Waals surface area contributed by atoms with Crippen LogP contribution in [0.2, 0.25) is 0 Å². The first-order chi connectivity index (χ1) is 17.4. The van der Waals surface area contributed by atoms with Crippen LogP contribution in [0.3, 0.4) is 0 Å². The van der Waals surface area contributed by atoms with Gasteiger partial charge in [0.25, 0.3) is 0 Å². The van der Waals surface area contributed by atoms with Crippen molar-refractivity contribution in [3.63, 3.8) is 0 Å². The Labute approximate surface area is 217 Å². The molecule has 0 bridgehead atoms. The highest BCUT2D eigenvalue weighted by Gasteiger charge is 2.39. The predicted molar refractivity (Wildman–Crippen MR) is 137 cm³/mol. The molecular weight excluding hydrogens is 543 g/mol. The summed E-state index contributed by atoms with van der Waals surface area (Å²) in [6, 6.07) is 22.5. The average molecular weight is 566 g/mol. The van der Waals surface area contributed by atoms with E-state index >= 15 is 0 Å². The Morgan fingerprint density at radius 2 is 1.46 bits per heavy atom. The van der Waals surface area contributed by atoms with E-state index in [2.05, 4.69) is 0 Å². The lowest BCUT2D eigenvalue weighted by molar-refractivity contribution is -0.139. The molecule has 0 aliphatic heterocycles. The Kier molecular flexibility index (Phi) is 7.61. The molecule has 0 saturated heterocycles. The average Bonchev–Trinajstić information content (AvgIpc) is 3.32. The van der Waals surface area contributed by atoms with Crippen LogP contribution in [0.25, 0.3) is 10.4 Å². The van der Waals surface area contributed by atoms with Crippen LogP contribution in [-0.2, 0) is 39.1 Å². The first-order valence-corrected chi connectivity index (χ1v) is 15.1. The maximum Gasteiger partial charge on any atom is 0.417 e. The SMILES string of the molecule is CS(=O)(=O)c1cccc(-c2ccc(CN(Cc3ccccc3)S(=O)(=O)c3ccccc3C(F)(F)F)s2)c1. The predicted octanol–water partition coefficient (Wildman–Crippen LogP) is 6.23. The van der Waals surface area contributed by atoms with Gasteiger partial charge < -0.3 is 0 Å². The van der Waals surface area contributed by atoms with Gasteiger partial charge in [-0.15, -0.1) is 11.3 Å². The van der Waals surface area contributed by atoms with Crippen molar-refractivity contribution in [1.29, 1.82) is 0 Å². The molecule has 0 amide bonds. The lowest BCUT2D eigenvalue weighted by Gasteiger charge is -2.24. The van der Waals surface area contributed by atoms with Crippen LogP contribution >= 0.6 is 11.3 Å². The van der Waals surface area contributed by atoms with Gasteiger partial charge in [0.15, 0.2) is 9.84 Å². The normalized spacial score (nSPS) is 12.7. The summed E-state index contributed by atoms with van der Waals surface area (Å²) < 4.78 is 93.1. The molecule has 37 heavy (non-hydrogen) atoms. The van der Waals surface area contributed by atoms with Crippen molar-refractivity contribution < 1.29 is 30.0 Å². The van der Waals surface area contributed by atoms with Gasteiger partial charge >= 0.3 is 6.18 Å². The molecule has 0 spiro atoms. The monoisotopic (exact) mass is 565 g/mol. The Balaban J connectivity index is 1.73. The van der Waals surface area contributed by atoms with E-state index in [0.717, 1.165) is 28.8 Å². The van der Waals surface area contributed by atoms with Crippen LogP contribution in [0, 0.1) is 0 Å². The second kappa shape index (κ2) is 10.4. The van der Waals surface area contributed by atoms with Crippen LogP contribution in [0.4, 0.5) is 13.2 Å². The zero-order chi connectivity index (χ0) is 26.8. The first-order valence-electron chi connectivity index (χ1n) is 11.0. The highest BCUT2D eigenvalue weighted by molar-refractivity contribution is 7.90. The van der Waals surface area contributed by atoms with E-state index < -0.39 is 36.5 Å². The van der Waals surface area contributed by atoms with Crippen molar-refractivity contribution in [1.82, 2.24) is 4.31 Å². The third-order valence-electron chi connectivity index (χ3n) is 5.55. The number of rotatable bonds is 8. The number of hydrogen-bond acceptors (Lipinski definition) is 5. The van der Waals surface area contributed by atoms with E-state index in [1.807, 2.05) is 0 Å². The van der Waals surface area contributed by atoms with Gasteiger partial charge in [-0.3, -0.25) is 0 Å². The van der Waals surface area contributed by atoms with Crippen molar-refractivity contribution in [3.8, 4) is 10.4 Å². The summed E-state index contributed by atoms with van der Waals surface area (Å²) in [6.45, 7) is -0.300. The second-order valence-electron chi connectivity index (χ2n) is 8.32. The summed E-state index contributed by atoms with van der Waals surface area (Å²) in [5.74, 6) is 0. The van der Waals surface area contributed by atoms with E-state index in [-0.39, 0.29) is 18.0 Å². The van der Waals surface area contributed by atoms with Crippen molar-refractivity contribution in [2.75, 3.05) is 6.26 Å². The third-order valence-corrected chi connectivity index (χ3v) is 9.63. The van der Waals surface area contributed by atoms with Gasteiger partial charge in [-0.25, -0.2) is 16.8 Å². The molecule has 0 N–H and O–H groups in total. The Hall–Kier alpha value is -2.99. The molecule has 0 aliphatic rings. The summed E-state index contributed by atoms with van der Waals surface area (Å²) in [6.07, 6.45) is -3.74. The molecule has 5 nitrogen and oxygen atoms in total. The molecule has 0 radical (unpaired) electrons. The third kappa shape index (κ3) is 6.30. The maximum absolute atomic E-state index is 13.7. The molecule has 0 aliphatic carbocycles. The molecule has 11 heteroatoms. The molecule has 0 fully saturated rings. The number of thiophene rings is 1. The molecule has 4 aromatic rings. The quantitative estimate of drug-likeness (QED) is 0.254. The summed E-state index contributed by atoms with van der Waals surface area (Å²) >= 11 is 1.24. The number of halogens is 3. The van der Waals surface area contributed by atoms with Crippen LogP contribution in [0.5, 0.6) is 0 Å². The number of hydrogen-bond donors (Lipinski definition) is 0. The fraction of sp³-hybridized carbons (Fsp3) is 0.154. The minimum atomic E-state index is -4.84. The highest BCUT2D eigenvalue weighted by atomic mass is 32.2. The smallest absolute Gasteiger partial charge is 0.224 e. The van der Waals surface area contributed by atoms with Crippen molar-refractivity contribution in [2.45, 2.75) is 29.1 Å². The fourth-order valence-corrected chi connectivity index (χ4v) is 7.14. The van der Waals surface area contributed by atoms with Crippen LogP contribution in [0.15, 0.2) is 101 Å². The van der Waals surface area contributed by atoms with Gasteiger partial charge in [0.05, 0.1) is 15.4 Å². The summed E-state index contributed by atoms with van der Waals surface area (Å²) in [5, 5.41) is 0. The summed E-state index contributed by atoms with van der Waals surface area (Å²) in [4.78, 5) is 0.630. The standard InChI is InChI=1S/C26H22F3NO4S3/c1-36(31,32)22-11-7-10-20(16-22)24-15-14-21(35-24)18-30(17-19-8-3-2-4-9-19)37(33,34)25-13-6-5-12-23(25)26(27,28)29/h2-16H,17-18H2,1H3. The molecule has 4 rings (SSSR count). The van der Waals surface area contributed by atoms with Gasteiger partial charge in [0.2, 0.25) is 10.0 Å². The van der Waals surface area contributed by atoms with Gasteiger partial charge in [0, 0.05) is 29.1 Å². The molecular formula is C26H22F3NO4S3. The molecule has 0 atom stereocenters. The highest BCUT2D eigenvalue weighted by Crippen LogP contribution is 2.37. The Morgan fingerprint density at radius 3 is 2.14 bits per heavy atom. The van der Waals surface area contributed by atoms with E-state index in [1.54, 1.807) is 54.6 Å². The summed E-state index contributed by atoms with van der Waals surface area (Å²) in [7, 11) is -7.97. The Bertz CT molecular complexity index is 1610. The van der Waals surface area contributed by atoms with E-state index in [4.69, 9.17) is 0 Å². The van der Waals surface area contributed by atoms with E-state index in [0.29, 0.717) is 20.9 Å². The van der Waals surface area contributed by atoms with E-state index in [1.165, 1.54) is 29.5 Å². The summed E-state index contributed by atoms with van der Waals surface area (Å²) in [5.41, 5.74) is 0.0322. The molecule has 0 unspecified atom stereocenters. The van der Waals surface area contributed by atoms with Gasteiger partial charge in [-0.05, 0) is 47.5 Å². The molecule has 1 aromatic heterocycles. The second-order valence-corrected chi connectivity index (χ2v) is 13.4. The minimum Gasteiger partial charge on any atom is -0.224 e. The van der Waals surface area contributed by atoms with Crippen LogP contribution in [0.1, 0.15) is 16.0 Å². The first kappa shape index (κ1) is 27.1. The van der Waals surface area contributed by atoms with Crippen LogP contribution < -0.4 is 0 Å². The van der Waals surface area contributed by atoms with Gasteiger partial charge in [-0.1, -0.05) is 54.6 Å². The zero-order valence-corrected chi connectivity index (χ0v) is 22.0. The Morgan fingerprint density at radius 1 is 0.784 bits per heavy atom. The van der Waals surface area contributed by atoms with Crippen molar-refractivity contribution in [2.24, 2.45) is 0 Å². The van der Waals surface area contributed by atoms with Gasteiger partial charge in [0.1, 0.15) is 0 Å². The van der Waals surface area contributed by atoms with Gasteiger partial charge in [-0.2, -0.15) is 17.5 Å². The molecule has 0 saturated carbocycles. The fourth-order valence-electron chi connectivity index (χ4n) is 3.75. The largest absolute Gasteiger partial charge is 0.417 e. The number of nitrogens with zero attached hydrogens (tertiary/aromatic N) is 1. The number of sulfonamides is 1. The number of sulfone groups is 1. The van der Waals surface area contributed by atoms with Crippen molar-refractivity contribution >= 4 is 31.2 Å². The molecule has 3 aromatic carbocycles.